The van der Waals surface area contributed by atoms with Crippen LogP contribution in [0.1, 0.15) is 37.5 Å². The highest BCUT2D eigenvalue weighted by Gasteiger charge is 2.40. The molecular formula is C23H25NO4S3. The summed E-state index contributed by atoms with van der Waals surface area (Å²) in [5, 5.41) is 9.56. The number of hydrogen-bond acceptors (Lipinski definition) is 6. The molecular weight excluding hydrogens is 450 g/mol. The lowest BCUT2D eigenvalue weighted by atomic mass is 10.1. The Labute approximate surface area is 196 Å². The largest absolute Gasteiger partial charge is 0.480 e. The Morgan fingerprint density at radius 1 is 1.29 bits per heavy atom. The van der Waals surface area contributed by atoms with E-state index in [0.717, 1.165) is 23.7 Å². The average Bonchev–Trinajstić information content (AvgIpc) is 3.32. The van der Waals surface area contributed by atoms with Crippen LogP contribution < -0.4 is 0 Å². The first-order valence-electron chi connectivity index (χ1n) is 10.1. The van der Waals surface area contributed by atoms with E-state index in [1.807, 2.05) is 24.5 Å². The Bertz CT molecular complexity index is 981. The molecule has 1 fully saturated rings. The average molecular weight is 476 g/mol. The van der Waals surface area contributed by atoms with E-state index in [1.54, 1.807) is 12.1 Å². The van der Waals surface area contributed by atoms with Gasteiger partial charge in [-0.2, -0.15) is 11.8 Å². The van der Waals surface area contributed by atoms with Crippen molar-refractivity contribution < 1.29 is 19.1 Å². The van der Waals surface area contributed by atoms with Gasteiger partial charge in [0.05, 0.1) is 4.91 Å². The molecule has 1 aliphatic heterocycles. The molecule has 31 heavy (non-hydrogen) atoms. The first-order valence-corrected chi connectivity index (χ1v) is 12.7. The minimum absolute atomic E-state index is 0.263. The first kappa shape index (κ1) is 23.6. The molecule has 0 bridgehead atoms. The first-order chi connectivity index (χ1) is 14.9. The van der Waals surface area contributed by atoms with Gasteiger partial charge in [0.25, 0.3) is 5.91 Å². The van der Waals surface area contributed by atoms with Gasteiger partial charge in [-0.25, -0.2) is 4.79 Å². The molecule has 1 N–H and O–H groups in total. The number of carboxylic acids is 1. The van der Waals surface area contributed by atoms with Gasteiger partial charge < -0.3 is 9.52 Å². The van der Waals surface area contributed by atoms with Gasteiger partial charge in [-0.15, -0.1) is 0 Å². The van der Waals surface area contributed by atoms with Gasteiger partial charge in [-0.3, -0.25) is 9.69 Å². The predicted octanol–water partition coefficient (Wildman–Crippen LogP) is 5.70. The number of thiocarbonyl (C=S) groups is 1. The Hall–Kier alpha value is -2.03. The zero-order valence-electron chi connectivity index (χ0n) is 17.5. The van der Waals surface area contributed by atoms with Gasteiger partial charge in [-0.1, -0.05) is 61.6 Å². The van der Waals surface area contributed by atoms with Gasteiger partial charge in [0, 0.05) is 11.6 Å². The fourth-order valence-corrected chi connectivity index (χ4v) is 5.07. The number of furan rings is 1. The lowest BCUT2D eigenvalue weighted by molar-refractivity contribution is -0.145. The number of rotatable bonds is 10. The van der Waals surface area contributed by atoms with Crippen molar-refractivity contribution in [2.45, 2.75) is 38.6 Å². The van der Waals surface area contributed by atoms with Gasteiger partial charge >= 0.3 is 5.97 Å². The van der Waals surface area contributed by atoms with Crippen LogP contribution in [-0.2, 0) is 16.0 Å². The summed E-state index contributed by atoms with van der Waals surface area (Å²) in [7, 11) is 0. The minimum atomic E-state index is -1.05. The van der Waals surface area contributed by atoms with Crippen molar-refractivity contribution in [3.05, 3.63) is 52.6 Å². The smallest absolute Gasteiger partial charge is 0.326 e. The number of carbonyl (C=O) groups is 2. The molecule has 0 aliphatic carbocycles. The molecule has 1 atom stereocenters. The molecule has 1 aromatic heterocycles. The highest BCUT2D eigenvalue weighted by molar-refractivity contribution is 8.26. The molecule has 8 heteroatoms. The summed E-state index contributed by atoms with van der Waals surface area (Å²) in [6, 6.07) is 11.0. The maximum absolute atomic E-state index is 12.9. The fraction of sp³-hybridized carbons (Fsp3) is 0.348. The molecule has 1 aliphatic rings. The van der Waals surface area contributed by atoms with Gasteiger partial charge in [0.2, 0.25) is 0 Å². The standard InChI is InChI=1S/C23H25NO4S3/c1-3-4-5-15-6-8-16(9-7-15)19-11-10-17(28-19)14-20-21(25)24(23(29)31-20)18(22(26)27)12-13-30-2/h6-11,14,18H,3-5,12-13H2,1-2H3,(H,26,27)/b20-14-. The monoisotopic (exact) mass is 475 g/mol. The van der Waals surface area contributed by atoms with Crippen LogP contribution in [-0.4, -0.2) is 44.3 Å². The SMILES string of the molecule is CCCCc1ccc(-c2ccc(/C=C3\SC(=S)N(C(CCSC)C(=O)O)C3=O)o2)cc1. The van der Waals surface area contributed by atoms with Crippen LogP contribution in [0, 0.1) is 0 Å². The van der Waals surface area contributed by atoms with Crippen LogP contribution in [0.15, 0.2) is 45.7 Å². The summed E-state index contributed by atoms with van der Waals surface area (Å²) < 4.78 is 6.18. The molecule has 2 aromatic rings. The Balaban J connectivity index is 1.75. The Kier molecular flexibility index (Phi) is 8.40. The topological polar surface area (TPSA) is 70.8 Å². The van der Waals surface area contributed by atoms with Crippen LogP contribution >= 0.6 is 35.7 Å². The van der Waals surface area contributed by atoms with Crippen molar-refractivity contribution in [2.24, 2.45) is 0 Å². The van der Waals surface area contributed by atoms with Crippen LogP contribution in [0.4, 0.5) is 0 Å². The number of aryl methyl sites for hydroxylation is 1. The number of unbranched alkanes of at least 4 members (excludes halogenated alkanes) is 1. The number of benzene rings is 1. The Morgan fingerprint density at radius 3 is 2.68 bits per heavy atom. The van der Waals surface area contributed by atoms with Gasteiger partial charge in [0.15, 0.2) is 0 Å². The molecule has 5 nitrogen and oxygen atoms in total. The predicted molar refractivity (Wildman–Crippen MR) is 132 cm³/mol. The molecule has 0 radical (unpaired) electrons. The van der Waals surface area contributed by atoms with Crippen molar-refractivity contribution >= 4 is 58.0 Å². The number of amides is 1. The summed E-state index contributed by atoms with van der Waals surface area (Å²) in [6.07, 6.45) is 7.27. The van der Waals surface area contributed by atoms with E-state index in [9.17, 15) is 14.7 Å². The number of carboxylic acid groups (broad SMARTS) is 1. The molecule has 0 saturated carbocycles. The molecule has 2 heterocycles. The van der Waals surface area contributed by atoms with Crippen molar-refractivity contribution in [2.75, 3.05) is 12.0 Å². The zero-order chi connectivity index (χ0) is 22.4. The molecule has 1 unspecified atom stereocenters. The number of nitrogens with zero attached hydrogens (tertiary/aromatic N) is 1. The summed E-state index contributed by atoms with van der Waals surface area (Å²) in [6.45, 7) is 2.18. The molecule has 1 amide bonds. The number of carbonyl (C=O) groups excluding carboxylic acids is 1. The lowest BCUT2D eigenvalue weighted by Gasteiger charge is -2.22. The molecule has 3 rings (SSSR count). The fourth-order valence-electron chi connectivity index (χ4n) is 3.27. The van der Waals surface area contributed by atoms with Crippen molar-refractivity contribution in [1.82, 2.24) is 4.90 Å². The second-order valence-corrected chi connectivity index (χ2v) is 9.85. The van der Waals surface area contributed by atoms with E-state index in [4.69, 9.17) is 16.6 Å². The third kappa shape index (κ3) is 5.81. The number of aliphatic carboxylic acids is 1. The lowest BCUT2D eigenvalue weighted by Crippen LogP contribution is -2.44. The van der Waals surface area contributed by atoms with Crippen molar-refractivity contribution in [1.29, 1.82) is 0 Å². The minimum Gasteiger partial charge on any atom is -0.480 e. The molecule has 1 aromatic carbocycles. The van der Waals surface area contributed by atoms with E-state index in [0.29, 0.717) is 28.6 Å². The quantitative estimate of drug-likeness (QED) is 0.349. The summed E-state index contributed by atoms with van der Waals surface area (Å²) in [5.41, 5.74) is 2.27. The highest BCUT2D eigenvalue weighted by Crippen LogP contribution is 2.35. The third-order valence-electron chi connectivity index (χ3n) is 4.97. The second-order valence-electron chi connectivity index (χ2n) is 7.19. The van der Waals surface area contributed by atoms with E-state index in [2.05, 4.69) is 19.1 Å². The summed E-state index contributed by atoms with van der Waals surface area (Å²) in [5.74, 6) is 0.441. The normalized spacial score (nSPS) is 16.3. The van der Waals surface area contributed by atoms with E-state index >= 15 is 0 Å². The van der Waals surface area contributed by atoms with Crippen molar-refractivity contribution in [3.8, 4) is 11.3 Å². The maximum Gasteiger partial charge on any atom is 0.326 e. The maximum atomic E-state index is 12.9. The van der Waals surface area contributed by atoms with E-state index in [-0.39, 0.29) is 10.2 Å². The van der Waals surface area contributed by atoms with E-state index < -0.39 is 12.0 Å². The van der Waals surface area contributed by atoms with Crippen LogP contribution in [0.25, 0.3) is 17.4 Å². The number of hydrogen-bond donors (Lipinski definition) is 1. The van der Waals surface area contributed by atoms with Crippen molar-refractivity contribution in [3.63, 3.8) is 0 Å². The highest BCUT2D eigenvalue weighted by atomic mass is 32.2. The van der Waals surface area contributed by atoms with Gasteiger partial charge in [0.1, 0.15) is 21.9 Å². The Morgan fingerprint density at radius 2 is 2.03 bits per heavy atom. The van der Waals surface area contributed by atoms with E-state index in [1.165, 1.54) is 35.1 Å². The summed E-state index contributed by atoms with van der Waals surface area (Å²) >= 11 is 7.95. The summed E-state index contributed by atoms with van der Waals surface area (Å²) in [4.78, 5) is 26.1. The van der Waals surface area contributed by atoms with Crippen LogP contribution in [0.3, 0.4) is 0 Å². The van der Waals surface area contributed by atoms with Crippen LogP contribution in [0.5, 0.6) is 0 Å². The molecule has 164 valence electrons. The van der Waals surface area contributed by atoms with Gasteiger partial charge in [-0.05, 0) is 49.0 Å². The van der Waals surface area contributed by atoms with Crippen LogP contribution in [0.2, 0.25) is 0 Å². The molecule has 1 saturated heterocycles. The second kappa shape index (κ2) is 11.0. The molecule has 0 spiro atoms. The third-order valence-corrected chi connectivity index (χ3v) is 6.95. The number of thioether (sulfide) groups is 2. The zero-order valence-corrected chi connectivity index (χ0v) is 19.9.